The third-order valence-corrected chi connectivity index (χ3v) is 6.42. The van der Waals surface area contributed by atoms with E-state index in [1.54, 1.807) is 23.6 Å². The first kappa shape index (κ1) is 18.4. The molecule has 4 heterocycles. The third-order valence-electron chi connectivity index (χ3n) is 5.44. The van der Waals surface area contributed by atoms with E-state index in [4.69, 9.17) is 10.8 Å². The molecule has 0 spiro atoms. The SMILES string of the molecule is Cc1nccn1-c1scc2c1c1cc(C(N)=O)ccc1n1c(CCC(=O)O)ccc21. The van der Waals surface area contributed by atoms with Gasteiger partial charge in [-0.1, -0.05) is 0 Å². The van der Waals surface area contributed by atoms with Crippen LogP contribution >= 0.6 is 11.3 Å². The molecule has 0 aliphatic carbocycles. The summed E-state index contributed by atoms with van der Waals surface area (Å²) in [6.45, 7) is 1.95. The van der Waals surface area contributed by atoms with E-state index in [2.05, 4.69) is 14.8 Å². The largest absolute Gasteiger partial charge is 0.481 e. The van der Waals surface area contributed by atoms with Gasteiger partial charge in [0.05, 0.1) is 17.5 Å². The Kier molecular flexibility index (Phi) is 4.11. The monoisotopic (exact) mass is 418 g/mol. The molecule has 0 saturated carbocycles. The maximum absolute atomic E-state index is 11.9. The topological polar surface area (TPSA) is 103 Å². The van der Waals surface area contributed by atoms with Gasteiger partial charge in [-0.25, -0.2) is 4.98 Å². The first-order valence-electron chi connectivity index (χ1n) is 9.45. The summed E-state index contributed by atoms with van der Waals surface area (Å²) in [5, 5.41) is 15.2. The minimum Gasteiger partial charge on any atom is -0.481 e. The summed E-state index contributed by atoms with van der Waals surface area (Å²) in [5.74, 6) is -0.450. The zero-order valence-electron chi connectivity index (χ0n) is 16.1. The second-order valence-corrected chi connectivity index (χ2v) is 8.07. The molecule has 5 aromatic rings. The van der Waals surface area contributed by atoms with Crippen molar-refractivity contribution < 1.29 is 14.7 Å². The number of nitrogens with zero attached hydrogens (tertiary/aromatic N) is 3. The molecule has 5 rings (SSSR count). The van der Waals surface area contributed by atoms with Gasteiger partial charge < -0.3 is 15.2 Å². The number of thiophene rings is 1. The number of pyridine rings is 1. The number of rotatable bonds is 5. The fourth-order valence-corrected chi connectivity index (χ4v) is 5.17. The minimum absolute atomic E-state index is 0.0497. The molecule has 0 atom stereocenters. The van der Waals surface area contributed by atoms with Crippen LogP contribution in [0.5, 0.6) is 0 Å². The number of aromatic nitrogens is 3. The highest BCUT2D eigenvalue weighted by molar-refractivity contribution is 7.14. The van der Waals surface area contributed by atoms with Crippen LogP contribution in [0.4, 0.5) is 0 Å². The number of aryl methyl sites for hydroxylation is 2. The maximum atomic E-state index is 11.9. The Bertz CT molecular complexity index is 1470. The molecule has 0 aliphatic heterocycles. The highest BCUT2D eigenvalue weighted by Gasteiger charge is 2.19. The van der Waals surface area contributed by atoms with E-state index in [0.29, 0.717) is 12.0 Å². The van der Waals surface area contributed by atoms with Crippen molar-refractivity contribution in [3.63, 3.8) is 0 Å². The predicted octanol–water partition coefficient (Wildman–Crippen LogP) is 3.92. The number of carboxylic acid groups (broad SMARTS) is 1. The van der Waals surface area contributed by atoms with Gasteiger partial charge >= 0.3 is 5.97 Å². The quantitative estimate of drug-likeness (QED) is 0.452. The molecule has 4 aromatic heterocycles. The summed E-state index contributed by atoms with van der Waals surface area (Å²) in [7, 11) is 0. The number of fused-ring (bicyclic) bond motifs is 6. The summed E-state index contributed by atoms with van der Waals surface area (Å²) in [6, 6.07) is 9.42. The Morgan fingerprint density at radius 1 is 1.17 bits per heavy atom. The predicted molar refractivity (Wildman–Crippen MR) is 117 cm³/mol. The van der Waals surface area contributed by atoms with Crippen LogP contribution in [0.2, 0.25) is 0 Å². The van der Waals surface area contributed by atoms with E-state index in [0.717, 1.165) is 43.7 Å². The zero-order valence-corrected chi connectivity index (χ0v) is 16.9. The van der Waals surface area contributed by atoms with Crippen molar-refractivity contribution in [2.24, 2.45) is 5.73 Å². The molecule has 0 radical (unpaired) electrons. The van der Waals surface area contributed by atoms with Gasteiger partial charge in [0.25, 0.3) is 0 Å². The first-order chi connectivity index (χ1) is 14.5. The van der Waals surface area contributed by atoms with Gasteiger partial charge in [-0.3, -0.25) is 14.2 Å². The first-order valence-corrected chi connectivity index (χ1v) is 10.3. The summed E-state index contributed by atoms with van der Waals surface area (Å²) in [5.41, 5.74) is 8.82. The van der Waals surface area contributed by atoms with Crippen LogP contribution in [-0.2, 0) is 11.2 Å². The lowest BCUT2D eigenvalue weighted by Gasteiger charge is -2.12. The normalized spacial score (nSPS) is 11.6. The molecule has 0 saturated heterocycles. The molecule has 7 nitrogen and oxygen atoms in total. The lowest BCUT2D eigenvalue weighted by Crippen LogP contribution is -2.11. The molecule has 0 bridgehead atoms. The highest BCUT2D eigenvalue weighted by Crippen LogP contribution is 2.39. The third kappa shape index (κ3) is 2.68. The van der Waals surface area contributed by atoms with E-state index < -0.39 is 11.9 Å². The minimum atomic E-state index is -0.834. The highest BCUT2D eigenvalue weighted by atomic mass is 32.1. The molecule has 1 aromatic carbocycles. The number of carboxylic acids is 1. The van der Waals surface area contributed by atoms with Crippen LogP contribution in [0.1, 0.15) is 28.3 Å². The molecule has 1 amide bonds. The van der Waals surface area contributed by atoms with Crippen molar-refractivity contribution in [3.05, 3.63) is 65.2 Å². The van der Waals surface area contributed by atoms with Crippen molar-refractivity contribution >= 4 is 50.4 Å². The number of hydrogen-bond donors (Lipinski definition) is 2. The van der Waals surface area contributed by atoms with Crippen molar-refractivity contribution in [2.45, 2.75) is 19.8 Å². The van der Waals surface area contributed by atoms with Crippen LogP contribution in [0.25, 0.3) is 32.2 Å². The summed E-state index contributed by atoms with van der Waals surface area (Å²) in [6.07, 6.45) is 4.15. The van der Waals surface area contributed by atoms with Gasteiger partial charge in [0.2, 0.25) is 5.91 Å². The average molecular weight is 418 g/mol. The summed E-state index contributed by atoms with van der Waals surface area (Å²) >= 11 is 1.61. The van der Waals surface area contributed by atoms with Gasteiger partial charge in [0, 0.05) is 45.2 Å². The van der Waals surface area contributed by atoms with Gasteiger partial charge in [-0.2, -0.15) is 0 Å². The smallest absolute Gasteiger partial charge is 0.303 e. The molecular weight excluding hydrogens is 400 g/mol. The number of benzene rings is 1. The Labute approximate surface area is 175 Å². The molecule has 0 fully saturated rings. The van der Waals surface area contributed by atoms with Crippen LogP contribution < -0.4 is 5.73 Å². The summed E-state index contributed by atoms with van der Waals surface area (Å²) < 4.78 is 4.12. The zero-order chi connectivity index (χ0) is 21.0. The fourth-order valence-electron chi connectivity index (χ4n) is 4.05. The van der Waals surface area contributed by atoms with Crippen LogP contribution in [-0.4, -0.2) is 30.9 Å². The molecule has 0 unspecified atom stereocenters. The second kappa shape index (κ2) is 6.70. The van der Waals surface area contributed by atoms with Gasteiger partial charge in [-0.15, -0.1) is 11.3 Å². The van der Waals surface area contributed by atoms with Crippen molar-refractivity contribution in [3.8, 4) is 5.00 Å². The molecule has 30 heavy (non-hydrogen) atoms. The number of imidazole rings is 1. The average Bonchev–Trinajstić information content (AvgIpc) is 3.43. The number of aliphatic carboxylic acids is 1. The van der Waals surface area contributed by atoms with E-state index in [1.807, 2.05) is 42.0 Å². The standard InChI is InChI=1S/C22H18N4O3S/c1-12-24-8-9-25(12)22-20-15-10-13(21(23)29)2-5-17(15)26-14(4-7-19(27)28)3-6-18(26)16(20)11-30-22/h2-3,5-6,8-11H,4,7H2,1H3,(H2,23,29)(H,27,28). The second-order valence-electron chi connectivity index (χ2n) is 7.21. The van der Waals surface area contributed by atoms with Crippen molar-refractivity contribution in [1.82, 2.24) is 14.0 Å². The maximum Gasteiger partial charge on any atom is 0.303 e. The number of hydrogen-bond acceptors (Lipinski definition) is 4. The van der Waals surface area contributed by atoms with E-state index in [-0.39, 0.29) is 6.42 Å². The number of carbonyl (C=O) groups is 2. The van der Waals surface area contributed by atoms with Crippen molar-refractivity contribution in [1.29, 1.82) is 0 Å². The van der Waals surface area contributed by atoms with Crippen LogP contribution in [0.3, 0.4) is 0 Å². The van der Waals surface area contributed by atoms with E-state index >= 15 is 0 Å². The molecule has 150 valence electrons. The fraction of sp³-hybridized carbons (Fsp3) is 0.136. The molecular formula is C22H18N4O3S. The van der Waals surface area contributed by atoms with Crippen LogP contribution in [0, 0.1) is 6.92 Å². The van der Waals surface area contributed by atoms with Gasteiger partial charge in [-0.05, 0) is 43.7 Å². The number of amides is 1. The Morgan fingerprint density at radius 3 is 2.63 bits per heavy atom. The van der Waals surface area contributed by atoms with Gasteiger partial charge in [0.15, 0.2) is 0 Å². The number of primary amides is 1. The van der Waals surface area contributed by atoms with Crippen molar-refractivity contribution in [2.75, 3.05) is 0 Å². The lowest BCUT2D eigenvalue weighted by atomic mass is 10.0. The summed E-state index contributed by atoms with van der Waals surface area (Å²) in [4.78, 5) is 27.4. The number of carbonyl (C=O) groups excluding carboxylic acids is 1. The van der Waals surface area contributed by atoms with Crippen LogP contribution in [0.15, 0.2) is 48.1 Å². The Hall–Kier alpha value is -3.65. The Morgan fingerprint density at radius 2 is 1.93 bits per heavy atom. The molecule has 0 aliphatic rings. The molecule has 8 heteroatoms. The van der Waals surface area contributed by atoms with E-state index in [1.165, 1.54) is 0 Å². The van der Waals surface area contributed by atoms with Gasteiger partial charge in [0.1, 0.15) is 10.8 Å². The molecule has 3 N–H and O–H groups in total. The van der Waals surface area contributed by atoms with E-state index in [9.17, 15) is 9.59 Å². The lowest BCUT2D eigenvalue weighted by molar-refractivity contribution is -0.136. The Balaban J connectivity index is 1.92. The number of nitrogens with two attached hydrogens (primary N) is 1.